The van der Waals surface area contributed by atoms with Crippen LogP contribution in [0.5, 0.6) is 0 Å². The van der Waals surface area contributed by atoms with Crippen LogP contribution in [0.4, 0.5) is 0 Å². The maximum absolute atomic E-state index is 9.72. The molecule has 0 bridgehead atoms. The van der Waals surface area contributed by atoms with Crippen LogP contribution in [0.3, 0.4) is 0 Å². The first-order chi connectivity index (χ1) is 7.27. The molecule has 7 heteroatoms. The molecule has 0 saturated carbocycles. The maximum atomic E-state index is 9.72. The first-order valence-electron chi connectivity index (χ1n) is 5.25. The van der Waals surface area contributed by atoms with E-state index in [0.717, 1.165) is 13.1 Å². The molecule has 1 aromatic heterocycles. The number of nitrogens with zero attached hydrogens (tertiary/aromatic N) is 2. The van der Waals surface area contributed by atoms with Gasteiger partial charge in [-0.25, -0.2) is 0 Å². The lowest BCUT2D eigenvalue weighted by Gasteiger charge is -2.26. The van der Waals surface area contributed by atoms with Gasteiger partial charge in [-0.15, -0.1) is 37.2 Å². The summed E-state index contributed by atoms with van der Waals surface area (Å²) >= 11 is 0. The van der Waals surface area contributed by atoms with E-state index >= 15 is 0 Å². The summed E-state index contributed by atoms with van der Waals surface area (Å²) in [6.07, 6.45) is 3.34. The minimum atomic E-state index is -0.253. The number of halogens is 3. The van der Waals surface area contributed by atoms with Crippen LogP contribution >= 0.6 is 37.2 Å². The van der Waals surface area contributed by atoms with Crippen LogP contribution in [0.15, 0.2) is 24.5 Å². The van der Waals surface area contributed by atoms with Gasteiger partial charge in [0, 0.05) is 38.1 Å². The van der Waals surface area contributed by atoms with Crippen LogP contribution in [0, 0.1) is 0 Å². The Bertz CT molecular complexity index is 316. The van der Waals surface area contributed by atoms with Crippen molar-refractivity contribution >= 4 is 37.2 Å². The number of aliphatic hydroxyl groups excluding tert-OH is 1. The third-order valence-electron chi connectivity index (χ3n) is 2.90. The third kappa shape index (κ3) is 5.26. The summed E-state index contributed by atoms with van der Waals surface area (Å²) in [5.41, 5.74) is 1.23. The molecule has 2 heterocycles. The van der Waals surface area contributed by atoms with Crippen LogP contribution in [-0.4, -0.2) is 47.3 Å². The zero-order valence-corrected chi connectivity index (χ0v) is 12.6. The van der Waals surface area contributed by atoms with E-state index in [0.29, 0.717) is 6.54 Å². The molecule has 2 atom stereocenters. The first kappa shape index (κ1) is 20.2. The molecule has 18 heavy (non-hydrogen) atoms. The Kier molecular flexibility index (Phi) is 11.0. The van der Waals surface area contributed by atoms with E-state index in [1.165, 1.54) is 5.56 Å². The van der Waals surface area contributed by atoms with E-state index in [9.17, 15) is 5.11 Å². The normalized spacial score (nSPS) is 21.7. The minimum absolute atomic E-state index is 0. The van der Waals surface area contributed by atoms with Crippen LogP contribution in [0.25, 0.3) is 0 Å². The lowest BCUT2D eigenvalue weighted by Crippen LogP contribution is -2.40. The van der Waals surface area contributed by atoms with Gasteiger partial charge in [-0.2, -0.15) is 0 Å². The number of aromatic nitrogens is 1. The predicted molar refractivity (Wildman–Crippen MR) is 80.1 cm³/mol. The topological polar surface area (TPSA) is 48.4 Å². The number of nitrogens with one attached hydrogen (secondary N) is 1. The largest absolute Gasteiger partial charge is 0.390 e. The van der Waals surface area contributed by atoms with E-state index in [1.54, 1.807) is 12.4 Å². The molecule has 106 valence electrons. The quantitative estimate of drug-likeness (QED) is 0.877. The lowest BCUT2D eigenvalue weighted by molar-refractivity contribution is 0.0955. The van der Waals surface area contributed by atoms with E-state index in [4.69, 9.17) is 0 Å². The SMILES string of the molecule is CN(Cc1ccncc1)[C@@H]1CNC[C@H]1O.Cl.Cl.Cl. The van der Waals surface area contributed by atoms with E-state index < -0.39 is 0 Å². The van der Waals surface area contributed by atoms with Gasteiger partial charge in [-0.1, -0.05) is 0 Å². The number of hydrogen-bond donors (Lipinski definition) is 2. The highest BCUT2D eigenvalue weighted by atomic mass is 35.5. The predicted octanol–water partition coefficient (Wildman–Crippen LogP) is 1.11. The molecule has 0 aliphatic carbocycles. The fourth-order valence-corrected chi connectivity index (χ4v) is 1.99. The minimum Gasteiger partial charge on any atom is -0.390 e. The molecular formula is C11H20Cl3N3O. The average Bonchev–Trinajstić information content (AvgIpc) is 2.66. The van der Waals surface area contributed by atoms with Gasteiger partial charge in [-0.05, 0) is 24.7 Å². The Labute approximate surface area is 126 Å². The second-order valence-electron chi connectivity index (χ2n) is 4.06. The summed E-state index contributed by atoms with van der Waals surface area (Å²) in [6.45, 7) is 2.42. The summed E-state index contributed by atoms with van der Waals surface area (Å²) in [5.74, 6) is 0. The molecule has 1 fully saturated rings. The van der Waals surface area contributed by atoms with Gasteiger partial charge >= 0.3 is 0 Å². The molecule has 0 unspecified atom stereocenters. The third-order valence-corrected chi connectivity index (χ3v) is 2.90. The van der Waals surface area contributed by atoms with Gasteiger partial charge in [0.1, 0.15) is 0 Å². The number of rotatable bonds is 3. The molecule has 1 saturated heterocycles. The van der Waals surface area contributed by atoms with Gasteiger partial charge < -0.3 is 10.4 Å². The van der Waals surface area contributed by atoms with Gasteiger partial charge in [0.25, 0.3) is 0 Å². The molecule has 4 nitrogen and oxygen atoms in total. The molecule has 1 aliphatic rings. The molecule has 1 aromatic rings. The Balaban J connectivity index is 0. The highest BCUT2D eigenvalue weighted by Crippen LogP contribution is 2.11. The van der Waals surface area contributed by atoms with E-state index in [1.807, 2.05) is 19.2 Å². The zero-order chi connectivity index (χ0) is 10.7. The van der Waals surface area contributed by atoms with Gasteiger partial charge in [0.05, 0.1) is 6.10 Å². The summed E-state index contributed by atoms with van der Waals surface area (Å²) < 4.78 is 0. The first-order valence-corrected chi connectivity index (χ1v) is 5.25. The van der Waals surface area contributed by atoms with Crippen molar-refractivity contribution < 1.29 is 5.11 Å². The summed E-state index contributed by atoms with van der Waals surface area (Å²) in [7, 11) is 2.04. The monoisotopic (exact) mass is 315 g/mol. The molecule has 1 aliphatic heterocycles. The van der Waals surface area contributed by atoms with E-state index in [-0.39, 0.29) is 49.4 Å². The lowest BCUT2D eigenvalue weighted by atomic mass is 10.1. The van der Waals surface area contributed by atoms with Crippen molar-refractivity contribution in [2.24, 2.45) is 0 Å². The fourth-order valence-electron chi connectivity index (χ4n) is 1.99. The highest BCUT2D eigenvalue weighted by Gasteiger charge is 2.28. The number of pyridine rings is 1. The summed E-state index contributed by atoms with van der Waals surface area (Å²) in [6, 6.07) is 4.23. The van der Waals surface area contributed by atoms with Gasteiger partial charge in [0.2, 0.25) is 0 Å². The average molecular weight is 317 g/mol. The smallest absolute Gasteiger partial charge is 0.0831 e. The Morgan fingerprint density at radius 3 is 2.39 bits per heavy atom. The second-order valence-corrected chi connectivity index (χ2v) is 4.06. The Morgan fingerprint density at radius 1 is 1.28 bits per heavy atom. The number of hydrogen-bond acceptors (Lipinski definition) is 4. The van der Waals surface area contributed by atoms with Gasteiger partial charge in [0.15, 0.2) is 0 Å². The molecule has 2 rings (SSSR count). The van der Waals surface area contributed by atoms with E-state index in [2.05, 4.69) is 15.2 Å². The van der Waals surface area contributed by atoms with Crippen molar-refractivity contribution in [1.29, 1.82) is 0 Å². The number of likely N-dealkylation sites (N-methyl/N-ethyl adjacent to an activating group) is 1. The maximum Gasteiger partial charge on any atom is 0.0831 e. The van der Waals surface area contributed by atoms with Crippen molar-refractivity contribution in [3.8, 4) is 0 Å². The number of β-amino-alcohol motifs (C(OH)–C–C–N with tert-alkyl or cyclic N) is 1. The van der Waals surface area contributed by atoms with Crippen molar-refractivity contribution in [3.05, 3.63) is 30.1 Å². The standard InChI is InChI=1S/C11H17N3O.3ClH/c1-14(10-6-13-7-11(10)15)8-9-2-4-12-5-3-9;;;/h2-5,10-11,13,15H,6-8H2,1H3;3*1H/t10-,11-;;;/m1.../s1. The molecule has 2 N–H and O–H groups in total. The molecule has 0 spiro atoms. The highest BCUT2D eigenvalue weighted by molar-refractivity contribution is 5.86. The van der Waals surface area contributed by atoms with Gasteiger partial charge in [-0.3, -0.25) is 9.88 Å². The summed E-state index contributed by atoms with van der Waals surface area (Å²) in [5, 5.41) is 12.9. The van der Waals surface area contributed by atoms with Crippen LogP contribution in [-0.2, 0) is 6.54 Å². The van der Waals surface area contributed by atoms with Crippen molar-refractivity contribution in [2.75, 3.05) is 20.1 Å². The molecule has 0 aromatic carbocycles. The molecular weight excluding hydrogens is 296 g/mol. The fraction of sp³-hybridized carbons (Fsp3) is 0.545. The van der Waals surface area contributed by atoms with Crippen molar-refractivity contribution in [2.45, 2.75) is 18.7 Å². The number of aliphatic hydroxyl groups is 1. The summed E-state index contributed by atoms with van der Waals surface area (Å²) in [4.78, 5) is 6.17. The molecule has 0 radical (unpaired) electrons. The molecule has 0 amide bonds. The van der Waals surface area contributed by atoms with Crippen molar-refractivity contribution in [1.82, 2.24) is 15.2 Å². The van der Waals surface area contributed by atoms with Crippen LogP contribution < -0.4 is 5.32 Å². The van der Waals surface area contributed by atoms with Crippen molar-refractivity contribution in [3.63, 3.8) is 0 Å². The Morgan fingerprint density at radius 2 is 1.89 bits per heavy atom. The van der Waals surface area contributed by atoms with Crippen LogP contribution in [0.1, 0.15) is 5.56 Å². The second kappa shape index (κ2) is 9.78. The Hall–Kier alpha value is -0.100. The zero-order valence-electron chi connectivity index (χ0n) is 10.2. The van der Waals surface area contributed by atoms with Crippen LogP contribution in [0.2, 0.25) is 0 Å².